The molecular formula is C14H18N2O2. The van der Waals surface area contributed by atoms with E-state index in [1.807, 2.05) is 0 Å². The van der Waals surface area contributed by atoms with Gasteiger partial charge >= 0.3 is 0 Å². The van der Waals surface area contributed by atoms with E-state index in [2.05, 4.69) is 0 Å². The Labute approximate surface area is 112 Å². The normalized spacial score (nSPS) is 13.6. The predicted molar refractivity (Wildman–Crippen MR) is 72.7 cm³/mol. The summed E-state index contributed by atoms with van der Waals surface area (Å²) < 4.78 is 22.2. The van der Waals surface area contributed by atoms with Crippen molar-refractivity contribution < 1.29 is 13.7 Å². The second kappa shape index (κ2) is 6.00. The highest BCUT2D eigenvalue weighted by atomic mass is 16.2. The van der Waals surface area contributed by atoms with Gasteiger partial charge in [0.05, 0.1) is 0 Å². The van der Waals surface area contributed by atoms with E-state index in [0.717, 1.165) is 0 Å². The third-order valence-electron chi connectivity index (χ3n) is 2.23. The molecule has 0 unspecified atom stereocenters. The van der Waals surface area contributed by atoms with Crippen LogP contribution in [-0.4, -0.2) is 37.7 Å². The summed E-state index contributed by atoms with van der Waals surface area (Å²) in [5, 5.41) is 0. The average molecular weight is 249 g/mol. The van der Waals surface area contributed by atoms with Gasteiger partial charge < -0.3 is 9.80 Å². The minimum absolute atomic E-state index is 0.173. The molecule has 0 saturated carbocycles. The second-order valence-corrected chi connectivity index (χ2v) is 4.05. The van der Waals surface area contributed by atoms with E-state index in [9.17, 15) is 9.59 Å². The van der Waals surface area contributed by atoms with Crippen molar-refractivity contribution in [2.24, 2.45) is 0 Å². The van der Waals surface area contributed by atoms with Crippen molar-refractivity contribution in [3.63, 3.8) is 0 Å². The Bertz CT molecular complexity index is 566. The number of ketones is 1. The molecule has 1 aromatic rings. The molecule has 0 bridgehead atoms. The van der Waals surface area contributed by atoms with Crippen molar-refractivity contribution in [1.29, 1.82) is 0 Å². The maximum absolute atomic E-state index is 12.0. The van der Waals surface area contributed by atoms with E-state index in [0.29, 0.717) is 10.5 Å². The zero-order chi connectivity index (χ0) is 16.2. The molecule has 0 saturated heterocycles. The molecule has 0 heterocycles. The first-order chi connectivity index (χ1) is 9.62. The number of rotatable bonds is 4. The fourth-order valence-electron chi connectivity index (χ4n) is 1.29. The number of allylic oxidation sites excluding steroid dienone is 1. The first-order valence-electron chi connectivity index (χ1n) is 6.93. The van der Waals surface area contributed by atoms with Gasteiger partial charge in [0, 0.05) is 55.6 Å². The Balaban J connectivity index is 3.15. The number of carbonyl (C=O) groups is 2. The van der Waals surface area contributed by atoms with E-state index in [1.165, 1.54) is 25.1 Å². The molecule has 96 valence electrons. The first-order valence-corrected chi connectivity index (χ1v) is 5.43. The van der Waals surface area contributed by atoms with Crippen LogP contribution in [-0.2, 0) is 4.79 Å². The molecule has 0 aliphatic carbocycles. The predicted octanol–water partition coefficient (Wildman–Crippen LogP) is 1.93. The molecule has 1 aromatic carbocycles. The average Bonchev–Trinajstić information content (AvgIpc) is 2.34. The summed E-state index contributed by atoms with van der Waals surface area (Å²) in [5.41, 5.74) is 0.493. The molecular weight excluding hydrogens is 228 g/mol. The summed E-state index contributed by atoms with van der Waals surface area (Å²) in [5.74, 6) is -0.872. The van der Waals surface area contributed by atoms with Gasteiger partial charge in [0.1, 0.15) is 0 Å². The van der Waals surface area contributed by atoms with Crippen LogP contribution in [0.3, 0.4) is 0 Å². The molecule has 18 heavy (non-hydrogen) atoms. The van der Waals surface area contributed by atoms with Crippen LogP contribution in [0, 0.1) is 0 Å². The lowest BCUT2D eigenvalue weighted by Gasteiger charge is -2.15. The van der Waals surface area contributed by atoms with Gasteiger partial charge in [0.25, 0.3) is 0 Å². The SMILES string of the molecule is [2H]C([2H])([2H])N(C(C)=O)c1cccc(C(=O)C=CN(C)C)c1. The smallest absolute Gasteiger partial charge is 0.223 e. The van der Waals surface area contributed by atoms with Gasteiger partial charge in [-0.15, -0.1) is 0 Å². The number of hydrogen-bond acceptors (Lipinski definition) is 3. The van der Waals surface area contributed by atoms with Crippen molar-refractivity contribution in [3.8, 4) is 0 Å². The van der Waals surface area contributed by atoms with E-state index >= 15 is 0 Å². The Hall–Kier alpha value is -2.10. The molecule has 0 spiro atoms. The lowest BCUT2D eigenvalue weighted by Crippen LogP contribution is -2.22. The van der Waals surface area contributed by atoms with Gasteiger partial charge in [-0.3, -0.25) is 9.59 Å². The number of anilines is 1. The van der Waals surface area contributed by atoms with Gasteiger partial charge in [-0.25, -0.2) is 0 Å². The van der Waals surface area contributed by atoms with Gasteiger partial charge in [0.15, 0.2) is 5.78 Å². The summed E-state index contributed by atoms with van der Waals surface area (Å²) in [7, 11) is 3.57. The molecule has 0 radical (unpaired) electrons. The van der Waals surface area contributed by atoms with Crippen molar-refractivity contribution in [2.45, 2.75) is 6.92 Å². The molecule has 0 aromatic heterocycles. The zero-order valence-corrected chi connectivity index (χ0v) is 10.7. The Morgan fingerprint density at radius 2 is 2.06 bits per heavy atom. The maximum Gasteiger partial charge on any atom is 0.223 e. The molecule has 0 N–H and O–H groups in total. The molecule has 0 aliphatic heterocycles. The Morgan fingerprint density at radius 3 is 2.61 bits per heavy atom. The molecule has 1 rings (SSSR count). The first kappa shape index (κ1) is 9.88. The number of amides is 1. The van der Waals surface area contributed by atoms with Crippen LogP contribution < -0.4 is 4.90 Å². The number of benzene rings is 1. The van der Waals surface area contributed by atoms with E-state index < -0.39 is 12.9 Å². The Morgan fingerprint density at radius 1 is 1.33 bits per heavy atom. The highest BCUT2D eigenvalue weighted by Gasteiger charge is 2.08. The third-order valence-corrected chi connectivity index (χ3v) is 2.23. The second-order valence-electron chi connectivity index (χ2n) is 4.05. The van der Waals surface area contributed by atoms with Crippen molar-refractivity contribution in [2.75, 3.05) is 26.0 Å². The summed E-state index contributed by atoms with van der Waals surface area (Å²) >= 11 is 0. The summed E-state index contributed by atoms with van der Waals surface area (Å²) in [4.78, 5) is 25.9. The van der Waals surface area contributed by atoms with E-state index in [4.69, 9.17) is 4.11 Å². The van der Waals surface area contributed by atoms with Crippen LogP contribution >= 0.6 is 0 Å². The van der Waals surface area contributed by atoms with Gasteiger partial charge in [-0.05, 0) is 12.1 Å². The summed E-state index contributed by atoms with van der Waals surface area (Å²) in [6.45, 7) is -1.42. The van der Waals surface area contributed by atoms with Gasteiger partial charge in [-0.1, -0.05) is 12.1 Å². The number of carbonyl (C=O) groups excluding carboxylic acids is 2. The quantitative estimate of drug-likeness (QED) is 0.604. The fourth-order valence-corrected chi connectivity index (χ4v) is 1.29. The highest BCUT2D eigenvalue weighted by molar-refractivity contribution is 6.05. The molecule has 0 atom stereocenters. The van der Waals surface area contributed by atoms with Gasteiger partial charge in [-0.2, -0.15) is 0 Å². The van der Waals surface area contributed by atoms with Crippen LogP contribution in [0.1, 0.15) is 21.4 Å². The minimum atomic E-state index is -2.59. The molecule has 4 nitrogen and oxygen atoms in total. The van der Waals surface area contributed by atoms with Crippen LogP contribution in [0.2, 0.25) is 0 Å². The van der Waals surface area contributed by atoms with Crippen molar-refractivity contribution in [3.05, 3.63) is 42.1 Å². The van der Waals surface area contributed by atoms with Crippen LogP contribution in [0.15, 0.2) is 36.5 Å². The zero-order valence-electron chi connectivity index (χ0n) is 13.7. The maximum atomic E-state index is 12.0. The van der Waals surface area contributed by atoms with Crippen LogP contribution in [0.25, 0.3) is 0 Å². The standard InChI is InChI=1S/C14H18N2O2/c1-11(17)16(4)13-7-5-6-12(10-13)14(18)8-9-15(2)3/h5-10H,1-4H3/i4D3. The number of hydrogen-bond donors (Lipinski definition) is 0. The molecule has 0 aliphatic rings. The highest BCUT2D eigenvalue weighted by Crippen LogP contribution is 2.15. The number of nitrogens with zero attached hydrogens (tertiary/aromatic N) is 2. The topological polar surface area (TPSA) is 40.6 Å². The summed E-state index contributed by atoms with van der Waals surface area (Å²) in [6, 6.07) is 6.01. The largest absolute Gasteiger partial charge is 0.383 e. The van der Waals surface area contributed by atoms with E-state index in [-0.39, 0.29) is 11.5 Å². The monoisotopic (exact) mass is 249 g/mol. The van der Waals surface area contributed by atoms with Crippen LogP contribution in [0.4, 0.5) is 5.69 Å². The van der Waals surface area contributed by atoms with Crippen molar-refractivity contribution in [1.82, 2.24) is 4.90 Å². The minimum Gasteiger partial charge on any atom is -0.383 e. The molecule has 4 heteroatoms. The lowest BCUT2D eigenvalue weighted by molar-refractivity contribution is -0.116. The third kappa shape index (κ3) is 3.73. The fraction of sp³-hybridized carbons (Fsp3) is 0.286. The van der Waals surface area contributed by atoms with Crippen molar-refractivity contribution >= 4 is 17.4 Å². The Kier molecular flexibility index (Phi) is 3.30. The van der Waals surface area contributed by atoms with E-state index in [1.54, 1.807) is 37.3 Å². The van der Waals surface area contributed by atoms with Gasteiger partial charge in [0.2, 0.25) is 5.91 Å². The molecule has 1 amide bonds. The van der Waals surface area contributed by atoms with Crippen LogP contribution in [0.5, 0.6) is 0 Å². The lowest BCUT2D eigenvalue weighted by atomic mass is 10.1. The molecule has 0 fully saturated rings. The summed E-state index contributed by atoms with van der Waals surface area (Å²) in [6.07, 6.45) is 2.98.